The van der Waals surface area contributed by atoms with Gasteiger partial charge in [0.2, 0.25) is 0 Å². The average Bonchev–Trinajstić information content (AvgIpc) is 2.25. The van der Waals surface area contributed by atoms with Crippen LogP contribution in [0.3, 0.4) is 0 Å². The lowest BCUT2D eigenvalue weighted by molar-refractivity contribution is 0.204. The largest absolute Gasteiger partial charge is 0.328 e. The smallest absolute Gasteiger partial charge is 0.0165 e. The van der Waals surface area contributed by atoms with E-state index in [1.807, 2.05) is 0 Å². The third-order valence-corrected chi connectivity index (χ3v) is 3.93. The van der Waals surface area contributed by atoms with Crippen LogP contribution in [0.15, 0.2) is 11.6 Å². The Morgan fingerprint density at radius 1 is 1.33 bits per heavy atom. The van der Waals surface area contributed by atoms with E-state index >= 15 is 0 Å². The molecule has 2 heteroatoms. The predicted octanol–water partition coefficient (Wildman–Crippen LogP) is 2.16. The Morgan fingerprint density at radius 3 is 2.67 bits per heavy atom. The van der Waals surface area contributed by atoms with Crippen molar-refractivity contribution in [1.29, 1.82) is 0 Å². The summed E-state index contributed by atoms with van der Waals surface area (Å²) in [5.74, 6) is 0.914. The fourth-order valence-electron chi connectivity index (χ4n) is 2.71. The first kappa shape index (κ1) is 11.2. The molecule has 0 spiro atoms. The topological polar surface area (TPSA) is 29.3 Å². The van der Waals surface area contributed by atoms with Gasteiger partial charge in [-0.25, -0.2) is 0 Å². The second kappa shape index (κ2) is 5.13. The lowest BCUT2D eigenvalue weighted by atomic mass is 9.86. The lowest BCUT2D eigenvalue weighted by Gasteiger charge is -2.32. The van der Waals surface area contributed by atoms with Crippen LogP contribution in [-0.2, 0) is 0 Å². The van der Waals surface area contributed by atoms with Gasteiger partial charge in [-0.15, -0.1) is 0 Å². The molecule has 1 saturated carbocycles. The molecule has 0 saturated heterocycles. The van der Waals surface area contributed by atoms with Crippen LogP contribution in [0, 0.1) is 5.92 Å². The van der Waals surface area contributed by atoms with E-state index in [1.165, 1.54) is 51.7 Å². The van der Waals surface area contributed by atoms with Gasteiger partial charge in [-0.2, -0.15) is 0 Å². The molecule has 0 aromatic carbocycles. The maximum atomic E-state index is 5.93. The number of hydrogen-bond donors (Lipinski definition) is 1. The molecule has 1 fully saturated rings. The molecule has 86 valence electrons. The summed E-state index contributed by atoms with van der Waals surface area (Å²) in [6, 6.07) is 0.491. The van der Waals surface area contributed by atoms with E-state index in [0.29, 0.717) is 6.04 Å². The molecule has 0 unspecified atom stereocenters. The van der Waals surface area contributed by atoms with Crippen LogP contribution < -0.4 is 5.73 Å². The summed E-state index contributed by atoms with van der Waals surface area (Å²) < 4.78 is 0. The Hall–Kier alpha value is -0.340. The Balaban J connectivity index is 1.73. The number of hydrogen-bond acceptors (Lipinski definition) is 2. The first-order valence-electron chi connectivity index (χ1n) is 6.37. The average molecular weight is 208 g/mol. The van der Waals surface area contributed by atoms with Gasteiger partial charge in [-0.1, -0.05) is 11.6 Å². The summed E-state index contributed by atoms with van der Waals surface area (Å²) in [5.41, 5.74) is 7.49. The van der Waals surface area contributed by atoms with Crippen molar-refractivity contribution >= 4 is 0 Å². The van der Waals surface area contributed by atoms with Crippen LogP contribution >= 0.6 is 0 Å². The molecule has 1 aliphatic carbocycles. The van der Waals surface area contributed by atoms with Gasteiger partial charge < -0.3 is 5.73 Å². The highest BCUT2D eigenvalue weighted by atomic mass is 15.1. The number of rotatable bonds is 2. The molecule has 0 bridgehead atoms. The van der Waals surface area contributed by atoms with Crippen LogP contribution in [0.1, 0.15) is 39.0 Å². The van der Waals surface area contributed by atoms with E-state index in [1.54, 1.807) is 5.57 Å². The molecule has 0 atom stereocenters. The van der Waals surface area contributed by atoms with Crippen molar-refractivity contribution in [1.82, 2.24) is 4.90 Å². The maximum absolute atomic E-state index is 5.93. The molecule has 2 nitrogen and oxygen atoms in total. The second-order valence-corrected chi connectivity index (χ2v) is 5.34. The van der Waals surface area contributed by atoms with Crippen molar-refractivity contribution in [3.8, 4) is 0 Å². The molecule has 0 amide bonds. The summed E-state index contributed by atoms with van der Waals surface area (Å²) in [7, 11) is 0. The van der Waals surface area contributed by atoms with Gasteiger partial charge in [0.1, 0.15) is 0 Å². The van der Waals surface area contributed by atoms with E-state index in [0.717, 1.165) is 5.92 Å². The van der Waals surface area contributed by atoms with Gasteiger partial charge in [-0.05, 0) is 44.9 Å². The zero-order valence-electron chi connectivity index (χ0n) is 9.91. The molecule has 1 heterocycles. The molecule has 1 aliphatic heterocycles. The summed E-state index contributed by atoms with van der Waals surface area (Å²) >= 11 is 0. The Labute approximate surface area is 93.5 Å². The monoisotopic (exact) mass is 208 g/mol. The minimum Gasteiger partial charge on any atom is -0.328 e. The predicted molar refractivity (Wildman–Crippen MR) is 64.7 cm³/mol. The quantitative estimate of drug-likeness (QED) is 0.705. The second-order valence-electron chi connectivity index (χ2n) is 5.34. The van der Waals surface area contributed by atoms with Crippen LogP contribution in [0.5, 0.6) is 0 Å². The zero-order chi connectivity index (χ0) is 10.7. The Morgan fingerprint density at radius 2 is 2.07 bits per heavy atom. The molecule has 2 aliphatic rings. The van der Waals surface area contributed by atoms with Crippen LogP contribution in [0.4, 0.5) is 0 Å². The molecule has 0 radical (unpaired) electrons. The van der Waals surface area contributed by atoms with Crippen LogP contribution in [0.2, 0.25) is 0 Å². The van der Waals surface area contributed by atoms with Crippen molar-refractivity contribution in [2.45, 2.75) is 45.1 Å². The van der Waals surface area contributed by atoms with Gasteiger partial charge in [-0.3, -0.25) is 4.90 Å². The molecular weight excluding hydrogens is 184 g/mol. The number of nitrogens with zero attached hydrogens (tertiary/aromatic N) is 1. The lowest BCUT2D eigenvalue weighted by Crippen LogP contribution is -2.36. The third kappa shape index (κ3) is 3.32. The summed E-state index contributed by atoms with van der Waals surface area (Å²) in [6.45, 7) is 5.99. The Kier molecular flexibility index (Phi) is 3.81. The summed E-state index contributed by atoms with van der Waals surface area (Å²) in [4.78, 5) is 2.61. The molecular formula is C13H24N2. The van der Waals surface area contributed by atoms with Crippen LogP contribution in [-0.4, -0.2) is 30.6 Å². The zero-order valence-corrected chi connectivity index (χ0v) is 9.91. The molecule has 15 heavy (non-hydrogen) atoms. The van der Waals surface area contributed by atoms with E-state index in [9.17, 15) is 0 Å². The van der Waals surface area contributed by atoms with Gasteiger partial charge in [0.15, 0.2) is 0 Å². The third-order valence-electron chi connectivity index (χ3n) is 3.93. The molecule has 2 N–H and O–H groups in total. The fraction of sp³-hybridized carbons (Fsp3) is 0.846. The highest BCUT2D eigenvalue weighted by molar-refractivity contribution is 5.03. The fourth-order valence-corrected chi connectivity index (χ4v) is 2.71. The Bertz CT molecular complexity index is 227. The van der Waals surface area contributed by atoms with Crippen molar-refractivity contribution in [2.24, 2.45) is 11.7 Å². The van der Waals surface area contributed by atoms with Crippen molar-refractivity contribution in [3.63, 3.8) is 0 Å². The SMILES string of the molecule is CC1=CCN(CC2CCC(N)CC2)CC1. The van der Waals surface area contributed by atoms with Gasteiger partial charge in [0.05, 0.1) is 0 Å². The molecule has 0 aromatic heterocycles. The number of nitrogens with two attached hydrogens (primary N) is 1. The van der Waals surface area contributed by atoms with E-state index < -0.39 is 0 Å². The molecule has 0 aromatic rings. The highest BCUT2D eigenvalue weighted by Crippen LogP contribution is 2.24. The van der Waals surface area contributed by atoms with Gasteiger partial charge in [0.25, 0.3) is 0 Å². The van der Waals surface area contributed by atoms with Gasteiger partial charge in [0, 0.05) is 25.7 Å². The molecule has 2 rings (SSSR count). The summed E-state index contributed by atoms with van der Waals surface area (Å²) in [6.07, 6.45) is 8.84. The van der Waals surface area contributed by atoms with Crippen molar-refractivity contribution in [2.75, 3.05) is 19.6 Å². The maximum Gasteiger partial charge on any atom is 0.0165 e. The summed E-state index contributed by atoms with van der Waals surface area (Å²) in [5, 5.41) is 0. The normalized spacial score (nSPS) is 33.9. The minimum atomic E-state index is 0.491. The first-order valence-corrected chi connectivity index (χ1v) is 6.37. The first-order chi connectivity index (χ1) is 7.24. The van der Waals surface area contributed by atoms with Crippen molar-refractivity contribution in [3.05, 3.63) is 11.6 Å². The minimum absolute atomic E-state index is 0.491. The van der Waals surface area contributed by atoms with Crippen molar-refractivity contribution < 1.29 is 0 Å². The highest BCUT2D eigenvalue weighted by Gasteiger charge is 2.21. The van der Waals surface area contributed by atoms with Gasteiger partial charge >= 0.3 is 0 Å². The standard InChI is InChI=1S/C13H24N2/c1-11-6-8-15(9-7-11)10-12-2-4-13(14)5-3-12/h6,12-13H,2-5,7-10,14H2,1H3. The van der Waals surface area contributed by atoms with E-state index in [4.69, 9.17) is 5.73 Å². The van der Waals surface area contributed by atoms with Crippen LogP contribution in [0.25, 0.3) is 0 Å². The van der Waals surface area contributed by atoms with E-state index in [2.05, 4.69) is 17.9 Å². The van der Waals surface area contributed by atoms with E-state index in [-0.39, 0.29) is 0 Å².